The number of rotatable bonds is 7. The van der Waals surface area contributed by atoms with Crippen LogP contribution in [-0.2, 0) is 23.0 Å². The Balaban J connectivity index is 1.36. The van der Waals surface area contributed by atoms with Gasteiger partial charge in [-0.15, -0.1) is 0 Å². The number of carbonyl (C=O) groups excluding carboxylic acids is 1. The quantitative estimate of drug-likeness (QED) is 0.382. The van der Waals surface area contributed by atoms with E-state index in [0.29, 0.717) is 23.7 Å². The van der Waals surface area contributed by atoms with E-state index in [-0.39, 0.29) is 11.8 Å². The zero-order valence-electron chi connectivity index (χ0n) is 18.7. The second-order valence-corrected chi connectivity index (χ2v) is 9.35. The van der Waals surface area contributed by atoms with Crippen molar-refractivity contribution in [2.24, 2.45) is 18.9 Å². The van der Waals surface area contributed by atoms with E-state index in [9.17, 15) is 4.79 Å². The summed E-state index contributed by atoms with van der Waals surface area (Å²) in [5.74, 6) is 1.36. The third-order valence-electron chi connectivity index (χ3n) is 6.40. The Labute approximate surface area is 199 Å². The number of hydrogen-bond donors (Lipinski definition) is 1. The second-order valence-electron chi connectivity index (χ2n) is 8.60. The summed E-state index contributed by atoms with van der Waals surface area (Å²) in [5.41, 5.74) is 2.71. The molecule has 0 saturated heterocycles. The highest BCUT2D eigenvalue weighted by molar-refractivity contribution is 9.10. The molecular formula is C23H26BrN7O2. The maximum Gasteiger partial charge on any atom is 0.223 e. The molecule has 1 saturated carbocycles. The first-order valence-electron chi connectivity index (χ1n) is 11.1. The summed E-state index contributed by atoms with van der Waals surface area (Å²) in [6.07, 6.45) is 7.20. The van der Waals surface area contributed by atoms with Crippen molar-refractivity contribution in [3.05, 3.63) is 41.0 Å². The van der Waals surface area contributed by atoms with Crippen LogP contribution in [0.15, 0.2) is 35.2 Å². The van der Waals surface area contributed by atoms with Gasteiger partial charge in [-0.1, -0.05) is 0 Å². The highest BCUT2D eigenvalue weighted by atomic mass is 79.9. The molecule has 1 fully saturated rings. The molecule has 0 radical (unpaired) electrons. The third-order valence-corrected chi connectivity index (χ3v) is 6.98. The predicted octanol–water partition coefficient (Wildman–Crippen LogP) is 3.19. The molecule has 0 spiro atoms. The van der Waals surface area contributed by atoms with E-state index in [1.54, 1.807) is 7.11 Å². The van der Waals surface area contributed by atoms with Crippen molar-refractivity contribution in [2.45, 2.75) is 25.7 Å². The summed E-state index contributed by atoms with van der Waals surface area (Å²) in [6, 6.07) is 6.12. The van der Waals surface area contributed by atoms with Gasteiger partial charge in [0.25, 0.3) is 0 Å². The van der Waals surface area contributed by atoms with Crippen LogP contribution in [-0.4, -0.2) is 55.7 Å². The van der Waals surface area contributed by atoms with Crippen LogP contribution in [0.3, 0.4) is 0 Å². The largest absolute Gasteiger partial charge is 0.383 e. The number of amides is 1. The summed E-state index contributed by atoms with van der Waals surface area (Å²) in [7, 11) is 3.56. The first-order chi connectivity index (χ1) is 16.0. The van der Waals surface area contributed by atoms with Crippen LogP contribution < -0.4 is 5.32 Å². The summed E-state index contributed by atoms with van der Waals surface area (Å²) in [5, 5.41) is 13.9. The van der Waals surface area contributed by atoms with Crippen molar-refractivity contribution in [1.82, 2.24) is 34.8 Å². The standard InChI is InChI=1S/C23H26BrN7O2/c1-30-19-11-17(6-5-16(19)12-27-30)31-22-18(21(24)29-31)13-26-20(28-22)10-14-3-4-15(9-14)23(32)25-7-8-33-2/h5-6,11-15H,3-4,7-10H2,1-2H3,(H,25,32)/t14-,15-/m1/s1. The molecule has 1 aromatic carbocycles. The second kappa shape index (κ2) is 9.18. The van der Waals surface area contributed by atoms with Crippen molar-refractivity contribution >= 4 is 43.8 Å². The number of carbonyl (C=O) groups is 1. The molecule has 9 nitrogen and oxygen atoms in total. The van der Waals surface area contributed by atoms with Gasteiger partial charge in [-0.2, -0.15) is 10.2 Å². The summed E-state index contributed by atoms with van der Waals surface area (Å²) in [6.45, 7) is 1.09. The Morgan fingerprint density at radius 2 is 2.18 bits per heavy atom. The lowest BCUT2D eigenvalue weighted by atomic mass is 10.0. The van der Waals surface area contributed by atoms with Crippen LogP contribution in [0.25, 0.3) is 27.6 Å². The van der Waals surface area contributed by atoms with E-state index in [4.69, 9.17) is 9.72 Å². The Morgan fingerprint density at radius 3 is 3.03 bits per heavy atom. The van der Waals surface area contributed by atoms with E-state index in [1.807, 2.05) is 40.9 Å². The number of hydrogen-bond acceptors (Lipinski definition) is 6. The molecule has 1 N–H and O–H groups in total. The maximum atomic E-state index is 12.4. The molecule has 1 aliphatic rings. The highest BCUT2D eigenvalue weighted by Gasteiger charge is 2.30. The van der Waals surface area contributed by atoms with E-state index in [0.717, 1.165) is 59.1 Å². The van der Waals surface area contributed by atoms with Crippen molar-refractivity contribution in [3.8, 4) is 5.69 Å². The van der Waals surface area contributed by atoms with Gasteiger partial charge in [-0.25, -0.2) is 14.6 Å². The topological polar surface area (TPSA) is 99.7 Å². The summed E-state index contributed by atoms with van der Waals surface area (Å²) in [4.78, 5) is 21.8. The lowest BCUT2D eigenvalue weighted by Crippen LogP contribution is -2.32. The molecule has 2 atom stereocenters. The first-order valence-corrected chi connectivity index (χ1v) is 11.9. The molecule has 1 aliphatic carbocycles. The number of halogens is 1. The average Bonchev–Trinajstić information content (AvgIpc) is 3.52. The number of methoxy groups -OCH3 is 1. The molecule has 3 heterocycles. The van der Waals surface area contributed by atoms with Crippen molar-refractivity contribution in [1.29, 1.82) is 0 Å². The minimum atomic E-state index is 0.0564. The molecule has 33 heavy (non-hydrogen) atoms. The van der Waals surface area contributed by atoms with Gasteiger partial charge in [0.2, 0.25) is 5.91 Å². The fourth-order valence-corrected chi connectivity index (χ4v) is 5.06. The van der Waals surface area contributed by atoms with E-state index < -0.39 is 0 Å². The minimum absolute atomic E-state index is 0.0564. The zero-order valence-corrected chi connectivity index (χ0v) is 20.2. The molecule has 5 rings (SSSR count). The van der Waals surface area contributed by atoms with Gasteiger partial charge in [-0.3, -0.25) is 9.48 Å². The number of nitrogens with zero attached hydrogens (tertiary/aromatic N) is 6. The smallest absolute Gasteiger partial charge is 0.223 e. The van der Waals surface area contributed by atoms with Gasteiger partial charge in [0.05, 0.1) is 29.4 Å². The van der Waals surface area contributed by atoms with Gasteiger partial charge in [0.15, 0.2) is 5.65 Å². The minimum Gasteiger partial charge on any atom is -0.383 e. The zero-order chi connectivity index (χ0) is 22.9. The lowest BCUT2D eigenvalue weighted by molar-refractivity contribution is -0.125. The Hall–Kier alpha value is -2.85. The van der Waals surface area contributed by atoms with Crippen LogP contribution in [0, 0.1) is 11.8 Å². The Kier molecular flexibility index (Phi) is 6.11. The lowest BCUT2D eigenvalue weighted by Gasteiger charge is -2.11. The van der Waals surface area contributed by atoms with Gasteiger partial charge in [-0.05, 0) is 59.3 Å². The predicted molar refractivity (Wildman–Crippen MR) is 128 cm³/mol. The number of ether oxygens (including phenoxy) is 1. The SMILES string of the molecule is COCCNC(=O)[C@@H]1CC[C@@H](Cc2ncc3c(Br)nn(-c4ccc5cnn(C)c5c4)c3n2)C1. The Bertz CT molecular complexity index is 1320. The maximum absolute atomic E-state index is 12.4. The summed E-state index contributed by atoms with van der Waals surface area (Å²) >= 11 is 3.55. The molecule has 10 heteroatoms. The molecule has 0 unspecified atom stereocenters. The first kappa shape index (κ1) is 22.0. The molecule has 0 aliphatic heterocycles. The fourth-order valence-electron chi connectivity index (χ4n) is 4.62. The third kappa shape index (κ3) is 4.37. The van der Waals surface area contributed by atoms with Crippen LogP contribution >= 0.6 is 15.9 Å². The number of nitrogens with one attached hydrogen (secondary N) is 1. The molecule has 172 valence electrons. The van der Waals surface area contributed by atoms with Gasteiger partial charge < -0.3 is 10.1 Å². The van der Waals surface area contributed by atoms with Gasteiger partial charge in [0, 0.05) is 44.6 Å². The van der Waals surface area contributed by atoms with Crippen LogP contribution in [0.1, 0.15) is 25.1 Å². The van der Waals surface area contributed by atoms with E-state index >= 15 is 0 Å². The number of fused-ring (bicyclic) bond motifs is 2. The number of aromatic nitrogens is 6. The van der Waals surface area contributed by atoms with E-state index in [2.05, 4.69) is 42.5 Å². The van der Waals surface area contributed by atoms with E-state index in [1.165, 1.54) is 0 Å². The number of aryl methyl sites for hydroxylation is 1. The van der Waals surface area contributed by atoms with Crippen molar-refractivity contribution in [3.63, 3.8) is 0 Å². The van der Waals surface area contributed by atoms with Crippen LogP contribution in [0.5, 0.6) is 0 Å². The average molecular weight is 512 g/mol. The Morgan fingerprint density at radius 1 is 1.30 bits per heavy atom. The molecule has 1 amide bonds. The summed E-state index contributed by atoms with van der Waals surface area (Å²) < 4.78 is 9.42. The normalized spacial score (nSPS) is 18.4. The molecule has 0 bridgehead atoms. The van der Waals surface area contributed by atoms with Crippen LogP contribution in [0.2, 0.25) is 0 Å². The van der Waals surface area contributed by atoms with Gasteiger partial charge in [0.1, 0.15) is 10.4 Å². The highest BCUT2D eigenvalue weighted by Crippen LogP contribution is 2.33. The molecular weight excluding hydrogens is 486 g/mol. The van der Waals surface area contributed by atoms with Crippen molar-refractivity contribution in [2.75, 3.05) is 20.3 Å². The van der Waals surface area contributed by atoms with Crippen LogP contribution in [0.4, 0.5) is 0 Å². The van der Waals surface area contributed by atoms with Crippen molar-refractivity contribution < 1.29 is 9.53 Å². The fraction of sp³-hybridized carbons (Fsp3) is 0.435. The number of benzene rings is 1. The molecule has 4 aromatic rings. The monoisotopic (exact) mass is 511 g/mol. The van der Waals surface area contributed by atoms with Gasteiger partial charge >= 0.3 is 0 Å². The molecule has 3 aromatic heterocycles.